The molecule has 3 fully saturated rings. The van der Waals surface area contributed by atoms with Crippen LogP contribution in [0.3, 0.4) is 0 Å². The smallest absolute Gasteiger partial charge is 0.323 e. The number of carbonyl (C=O) groups is 12. The van der Waals surface area contributed by atoms with Crippen molar-refractivity contribution < 1.29 is 57.5 Å². The van der Waals surface area contributed by atoms with Gasteiger partial charge in [-0.15, -0.1) is 0 Å². The summed E-state index contributed by atoms with van der Waals surface area (Å²) in [7, 11) is 4.81. The van der Waals surface area contributed by atoms with Crippen LogP contribution in [-0.2, 0) is 34.0 Å². The first-order valence-electron chi connectivity index (χ1n) is 28.8. The Morgan fingerprint density at radius 3 is 1.25 bits per heavy atom. The fraction of sp³-hybridized carbons (Fsp3) is 0.227. The van der Waals surface area contributed by atoms with Crippen LogP contribution in [0.2, 0.25) is 0 Å². The molecule has 3 unspecified atom stereocenters. The maximum atomic E-state index is 13.2. The monoisotopic (exact) mass is 1230 g/mol. The minimum absolute atomic E-state index is 0.0996. The van der Waals surface area contributed by atoms with Gasteiger partial charge in [0.15, 0.2) is 0 Å². The first-order chi connectivity index (χ1) is 43.6. The molecule has 4 N–H and O–H groups in total. The van der Waals surface area contributed by atoms with Crippen molar-refractivity contribution in [1.82, 2.24) is 60.3 Å². The minimum atomic E-state index is -0.879. The molecule has 25 nitrogen and oxygen atoms in total. The summed E-state index contributed by atoms with van der Waals surface area (Å²) in [5.74, 6) is -4.44. The molecule has 9 heterocycles. The number of urea groups is 1. The van der Waals surface area contributed by atoms with E-state index < -0.39 is 77.3 Å². The third-order valence-corrected chi connectivity index (χ3v) is 16.0. The van der Waals surface area contributed by atoms with Gasteiger partial charge in [0.05, 0.1) is 38.9 Å². The lowest BCUT2D eigenvalue weighted by atomic mass is 10.0. The summed E-state index contributed by atoms with van der Waals surface area (Å²) < 4.78 is 0. The summed E-state index contributed by atoms with van der Waals surface area (Å²) in [5.41, 5.74) is 5.47. The highest BCUT2D eigenvalue weighted by atomic mass is 16.2. The van der Waals surface area contributed by atoms with E-state index >= 15 is 0 Å². The summed E-state index contributed by atoms with van der Waals surface area (Å²) in [5, 5.41) is 10.5. The quantitative estimate of drug-likeness (QED) is 0.108. The molecule has 13 amide bonds. The van der Waals surface area contributed by atoms with Gasteiger partial charge in [-0.05, 0) is 110 Å². The molecular weight excluding hydrogens is 1170 g/mol. The number of carbonyl (C=O) groups excluding carboxylic acids is 12. The number of nitrogens with one attached hydrogen (secondary N) is 4. The Morgan fingerprint density at radius 2 is 0.879 bits per heavy atom. The Bertz CT molecular complexity index is 3910. The van der Waals surface area contributed by atoms with Gasteiger partial charge in [-0.25, -0.2) is 9.78 Å². The van der Waals surface area contributed by atoms with E-state index in [4.69, 9.17) is 0 Å². The van der Waals surface area contributed by atoms with Crippen LogP contribution in [0.4, 0.5) is 10.6 Å². The van der Waals surface area contributed by atoms with Crippen molar-refractivity contribution in [1.29, 1.82) is 0 Å². The van der Waals surface area contributed by atoms with E-state index in [1.165, 1.54) is 27.1 Å². The van der Waals surface area contributed by atoms with Crippen LogP contribution in [-0.4, -0.2) is 155 Å². The zero-order chi connectivity index (χ0) is 64.9. The molecule has 12 rings (SSSR count). The molecule has 25 heteroatoms. The summed E-state index contributed by atoms with van der Waals surface area (Å²) in [6, 6.07) is 25.3. The predicted octanol–water partition coefficient (Wildman–Crippen LogP) is 5.62. The summed E-state index contributed by atoms with van der Waals surface area (Å²) in [6.45, 7) is 11.5. The Balaban J connectivity index is 0.000000150. The van der Waals surface area contributed by atoms with Gasteiger partial charge in [0, 0.05) is 82.7 Å². The van der Waals surface area contributed by atoms with Gasteiger partial charge in [-0.3, -0.25) is 82.7 Å². The van der Waals surface area contributed by atoms with E-state index in [1.807, 2.05) is 0 Å². The third kappa shape index (κ3) is 12.7. The highest BCUT2D eigenvalue weighted by Crippen LogP contribution is 2.35. The lowest BCUT2D eigenvalue weighted by Gasteiger charge is -2.29. The van der Waals surface area contributed by atoms with E-state index in [0.29, 0.717) is 83.7 Å². The van der Waals surface area contributed by atoms with Crippen molar-refractivity contribution in [2.24, 2.45) is 0 Å². The van der Waals surface area contributed by atoms with E-state index in [1.54, 1.807) is 137 Å². The number of allylic oxidation sites excluding steroid dienone is 3. The van der Waals surface area contributed by atoms with Gasteiger partial charge in [0.1, 0.15) is 29.6 Å². The number of nitrogens with zero attached hydrogens (tertiary/aromatic N) is 9. The summed E-state index contributed by atoms with van der Waals surface area (Å²) >= 11 is 0. The van der Waals surface area contributed by atoms with E-state index in [-0.39, 0.29) is 70.5 Å². The van der Waals surface area contributed by atoms with Crippen LogP contribution in [0.5, 0.6) is 0 Å². The van der Waals surface area contributed by atoms with E-state index in [0.717, 1.165) is 14.7 Å². The number of benzene rings is 3. The second-order valence-electron chi connectivity index (χ2n) is 22.2. The Kier molecular flexibility index (Phi) is 18.1. The topological polar surface area (TPSA) is 311 Å². The lowest BCUT2D eigenvalue weighted by molar-refractivity contribution is -0.126. The van der Waals surface area contributed by atoms with Crippen LogP contribution >= 0.6 is 0 Å². The van der Waals surface area contributed by atoms with Crippen LogP contribution in [0.25, 0.3) is 0 Å². The largest absolute Gasteiger partial charge is 0.337 e. The van der Waals surface area contributed by atoms with Crippen LogP contribution in [0, 0.1) is 0 Å². The average molecular weight is 1230 g/mol. The molecule has 6 aromatic rings. The summed E-state index contributed by atoms with van der Waals surface area (Å²) in [6.07, 6.45) is 8.65. The fourth-order valence-corrected chi connectivity index (χ4v) is 11.4. The van der Waals surface area contributed by atoms with Crippen molar-refractivity contribution in [3.63, 3.8) is 0 Å². The Morgan fingerprint density at radius 1 is 0.473 bits per heavy atom. The number of fused-ring (bicyclic) bond motifs is 3. The molecule has 0 aliphatic carbocycles. The van der Waals surface area contributed by atoms with Crippen molar-refractivity contribution in [2.75, 3.05) is 26.5 Å². The second-order valence-corrected chi connectivity index (χ2v) is 22.2. The van der Waals surface area contributed by atoms with Gasteiger partial charge >= 0.3 is 6.03 Å². The molecule has 3 saturated heterocycles. The first-order valence-corrected chi connectivity index (χ1v) is 28.8. The van der Waals surface area contributed by atoms with Gasteiger partial charge in [-0.2, -0.15) is 0 Å². The number of hydrogen-bond acceptors (Lipinski definition) is 15. The van der Waals surface area contributed by atoms with Crippen LogP contribution in [0.15, 0.2) is 165 Å². The molecule has 462 valence electrons. The highest BCUT2D eigenvalue weighted by molar-refractivity contribution is 6.25. The SMILES string of the molecule is C=C1CCC(N2C(=O)c3cccc(CN(C)C(=O)Nc4ccccn4)c3C2=O)C(=O)N1.C=C1CCC(N2C(=O)c3cccc(CN(C)C(=O)c4ccccn4)c3C2=O)C(=O)N1.C=C1CCC(N2C(=O)c3cccc(CN(C)C(=O)c4cccnc4)c3C2=O)C(=O)N1. The number of amides is 13. The molecule has 91 heavy (non-hydrogen) atoms. The third-order valence-electron chi connectivity index (χ3n) is 16.0. The maximum absolute atomic E-state index is 13.2. The first kappa shape index (κ1) is 62.4. The van der Waals surface area contributed by atoms with Crippen molar-refractivity contribution in [3.8, 4) is 0 Å². The number of pyridine rings is 3. The Labute approximate surface area is 521 Å². The zero-order valence-electron chi connectivity index (χ0n) is 49.8. The minimum Gasteiger partial charge on any atom is -0.337 e. The van der Waals surface area contributed by atoms with Gasteiger partial charge in [0.25, 0.3) is 47.3 Å². The molecule has 3 aromatic heterocycles. The molecule has 0 saturated carbocycles. The molecule has 0 radical (unpaired) electrons. The lowest BCUT2D eigenvalue weighted by Crippen LogP contribution is -2.51. The van der Waals surface area contributed by atoms with Gasteiger partial charge in [-0.1, -0.05) is 68.3 Å². The zero-order valence-corrected chi connectivity index (χ0v) is 49.8. The van der Waals surface area contributed by atoms with Crippen molar-refractivity contribution in [3.05, 3.63) is 226 Å². The maximum Gasteiger partial charge on any atom is 0.323 e. The fourth-order valence-electron chi connectivity index (χ4n) is 11.4. The van der Waals surface area contributed by atoms with Gasteiger partial charge in [0.2, 0.25) is 17.7 Å². The van der Waals surface area contributed by atoms with Crippen molar-refractivity contribution in [2.45, 2.75) is 76.3 Å². The average Bonchev–Trinajstić information content (AvgIpc) is 1.63. The van der Waals surface area contributed by atoms with Crippen LogP contribution < -0.4 is 21.3 Å². The molecule has 6 aliphatic heterocycles. The van der Waals surface area contributed by atoms with E-state index in [9.17, 15) is 57.5 Å². The van der Waals surface area contributed by atoms with E-state index in [2.05, 4.69) is 56.0 Å². The van der Waals surface area contributed by atoms with Crippen molar-refractivity contribution >= 4 is 76.8 Å². The number of rotatable bonds is 12. The number of imide groups is 3. The second kappa shape index (κ2) is 26.4. The molecule has 0 bridgehead atoms. The number of hydrogen-bond donors (Lipinski definition) is 4. The standard InChI is InChI=1S/C22H21N5O4.2C22H20N4O4/c1-13-9-10-16(19(28)24-13)27-20(29)15-7-5-6-14(18(15)21(27)30)12-26(2)22(31)25-17-8-3-4-11-23-17;1-13-8-9-17(19(27)24-13)26-21(29)16-7-3-5-15(18(16)22(26)30)12-25(2)20(28)14-6-4-10-23-11-14;1-13-9-10-17(19(27)24-13)26-20(28)15-7-5-6-14(18(15)22(26)30)12-25(2)21(29)16-8-3-4-11-23-16/h3-8,11,16H,1,9-10,12H2,2H3,(H,24,28)(H,23,25,31);3-7,10-11,17H,1,8-9,12H2,2H3,(H,24,27);3-8,11,17H,1,9-10,12H2,2H3,(H,24,27). The molecular formula is C66H61N13O12. The predicted molar refractivity (Wildman–Crippen MR) is 327 cm³/mol. The number of anilines is 1. The normalized spacial score (nSPS) is 18.2. The van der Waals surface area contributed by atoms with Gasteiger partial charge < -0.3 is 30.7 Å². The van der Waals surface area contributed by atoms with Crippen LogP contribution in [0.1, 0.15) is 138 Å². The Hall–Kier alpha value is -11.6. The number of aromatic nitrogens is 3. The highest BCUT2D eigenvalue weighted by Gasteiger charge is 2.48. The molecule has 3 atom stereocenters. The summed E-state index contributed by atoms with van der Waals surface area (Å²) in [4.78, 5) is 173. The molecule has 6 aliphatic rings. The number of piperidine rings is 3. The molecule has 0 spiro atoms. The molecule has 3 aromatic carbocycles.